The molecule has 0 nitrogen and oxygen atoms in total. The van der Waals surface area contributed by atoms with E-state index in [2.05, 4.69) is 0 Å². The minimum Gasteiger partial charge on any atom is -0.204 e. The van der Waals surface area contributed by atoms with Gasteiger partial charge in [0.25, 0.3) is 0 Å². The van der Waals surface area contributed by atoms with Crippen molar-refractivity contribution in [1.29, 1.82) is 0 Å². The highest BCUT2D eigenvalue weighted by Gasteiger charge is 2.57. The molecule has 0 fully saturated rings. The fraction of sp³-hybridized carbons (Fsp3) is 1.00. The van der Waals surface area contributed by atoms with Crippen molar-refractivity contribution in [2.75, 3.05) is 0 Å². The minimum absolute atomic E-state index is 0.158. The van der Waals surface area contributed by atoms with Gasteiger partial charge in [-0.05, 0) is 19.3 Å². The van der Waals surface area contributed by atoms with E-state index in [0.29, 0.717) is 0 Å². The van der Waals surface area contributed by atoms with Crippen LogP contribution in [0.2, 0.25) is 19.6 Å². The van der Waals surface area contributed by atoms with E-state index in [1.807, 2.05) is 0 Å². The third-order valence-electron chi connectivity index (χ3n) is 4.00. The Kier molecular flexibility index (Phi) is 8.01. The summed E-state index contributed by atoms with van der Waals surface area (Å²) >= 11 is 1.77. The van der Waals surface area contributed by atoms with E-state index in [9.17, 15) is 39.5 Å². The first-order valence-electron chi connectivity index (χ1n) is 7.15. The third kappa shape index (κ3) is 6.56. The Morgan fingerprint density at radius 3 is 1.58 bits per heavy atom. The van der Waals surface area contributed by atoms with Crippen LogP contribution >= 0.6 is 22.6 Å². The fourth-order valence-corrected chi connectivity index (χ4v) is 4.53. The Hall–Kier alpha value is 0.317. The van der Waals surface area contributed by atoms with Crippen molar-refractivity contribution < 1.29 is 39.5 Å². The molecule has 24 heavy (non-hydrogen) atoms. The molecule has 0 saturated carbocycles. The lowest BCUT2D eigenvalue weighted by molar-refractivity contribution is -0.284. The second-order valence-electron chi connectivity index (χ2n) is 6.83. The molecule has 1 atom stereocenters. The SMILES string of the molecule is C[Si](C)(C)C(I)(CCCC(F)(F)C(F)(F)F)CCC(F)(F)C(F)F. The predicted octanol–water partition coefficient (Wildman–Crippen LogP) is 7.09. The maximum absolute atomic E-state index is 13.1. The average molecular weight is 502 g/mol. The van der Waals surface area contributed by atoms with Gasteiger partial charge in [0.05, 0.1) is 8.07 Å². The van der Waals surface area contributed by atoms with Crippen LogP contribution in [0.15, 0.2) is 0 Å². The van der Waals surface area contributed by atoms with Crippen molar-refractivity contribution in [2.24, 2.45) is 0 Å². The van der Waals surface area contributed by atoms with Crippen LogP contribution in [0.5, 0.6) is 0 Å². The second-order valence-corrected chi connectivity index (χ2v) is 15.4. The first-order valence-corrected chi connectivity index (χ1v) is 11.7. The molecule has 0 radical (unpaired) electrons. The van der Waals surface area contributed by atoms with Crippen LogP contribution in [0.3, 0.4) is 0 Å². The topological polar surface area (TPSA) is 0 Å². The van der Waals surface area contributed by atoms with Gasteiger partial charge in [0.2, 0.25) is 0 Å². The van der Waals surface area contributed by atoms with Crippen molar-refractivity contribution in [1.82, 2.24) is 0 Å². The van der Waals surface area contributed by atoms with Crippen molar-refractivity contribution in [2.45, 2.75) is 79.2 Å². The van der Waals surface area contributed by atoms with Crippen LogP contribution in [-0.4, -0.2) is 35.6 Å². The van der Waals surface area contributed by atoms with Gasteiger partial charge >= 0.3 is 24.4 Å². The highest BCUT2D eigenvalue weighted by atomic mass is 127. The summed E-state index contributed by atoms with van der Waals surface area (Å²) in [5, 5.41) is 0. The summed E-state index contributed by atoms with van der Waals surface area (Å²) in [6.45, 7) is 5.21. The van der Waals surface area contributed by atoms with Crippen LogP contribution in [0.25, 0.3) is 0 Å². The van der Waals surface area contributed by atoms with E-state index in [4.69, 9.17) is 0 Å². The van der Waals surface area contributed by atoms with E-state index < -0.39 is 54.8 Å². The number of alkyl halides is 10. The molecule has 0 aromatic rings. The quantitative estimate of drug-likeness (QED) is 0.137. The van der Waals surface area contributed by atoms with Crippen molar-refractivity contribution >= 4 is 30.7 Å². The smallest absolute Gasteiger partial charge is 0.204 e. The van der Waals surface area contributed by atoms with Gasteiger partial charge in [0.1, 0.15) is 0 Å². The lowest BCUT2D eigenvalue weighted by atomic mass is 10.0. The van der Waals surface area contributed by atoms with Gasteiger partial charge in [-0.1, -0.05) is 42.2 Å². The largest absolute Gasteiger partial charge is 0.453 e. The van der Waals surface area contributed by atoms with Crippen LogP contribution in [-0.2, 0) is 0 Å². The molecular formula is C13H20F9ISi. The third-order valence-corrected chi connectivity index (χ3v) is 13.1. The van der Waals surface area contributed by atoms with Crippen LogP contribution < -0.4 is 0 Å². The second kappa shape index (κ2) is 7.91. The molecule has 0 amide bonds. The molecule has 0 rings (SSSR count). The number of hydrogen-bond donors (Lipinski definition) is 0. The highest BCUT2D eigenvalue weighted by molar-refractivity contribution is 14.1. The van der Waals surface area contributed by atoms with Gasteiger partial charge in [0, 0.05) is 15.9 Å². The number of halogens is 10. The maximum atomic E-state index is 13.1. The lowest BCUT2D eigenvalue weighted by Crippen LogP contribution is -2.48. The van der Waals surface area contributed by atoms with E-state index in [-0.39, 0.29) is 12.8 Å². The number of rotatable bonds is 9. The zero-order valence-corrected chi connectivity index (χ0v) is 16.6. The molecule has 0 aliphatic carbocycles. The summed E-state index contributed by atoms with van der Waals surface area (Å²) in [4.78, 5) is 0. The Labute approximate surface area is 149 Å². The predicted molar refractivity (Wildman–Crippen MR) is 85.1 cm³/mol. The molecule has 0 spiro atoms. The summed E-state index contributed by atoms with van der Waals surface area (Å²) in [5.41, 5.74) is 0. The Morgan fingerprint density at radius 1 is 0.792 bits per heavy atom. The van der Waals surface area contributed by atoms with Crippen LogP contribution in [0, 0.1) is 0 Å². The van der Waals surface area contributed by atoms with E-state index in [0.717, 1.165) is 0 Å². The van der Waals surface area contributed by atoms with E-state index in [1.54, 1.807) is 42.2 Å². The molecule has 1 unspecified atom stereocenters. The molecule has 0 N–H and O–H groups in total. The molecule has 0 aliphatic heterocycles. The monoisotopic (exact) mass is 502 g/mol. The van der Waals surface area contributed by atoms with Gasteiger partial charge < -0.3 is 0 Å². The van der Waals surface area contributed by atoms with E-state index >= 15 is 0 Å². The molecule has 11 heteroatoms. The fourth-order valence-electron chi connectivity index (χ4n) is 2.08. The van der Waals surface area contributed by atoms with E-state index in [1.165, 1.54) is 0 Å². The summed E-state index contributed by atoms with van der Waals surface area (Å²) in [6, 6.07) is 0. The Balaban J connectivity index is 4.98. The summed E-state index contributed by atoms with van der Waals surface area (Å²) in [6.07, 6.45) is -13.1. The van der Waals surface area contributed by atoms with Gasteiger partial charge in [0.15, 0.2) is 0 Å². The van der Waals surface area contributed by atoms with Crippen molar-refractivity contribution in [3.05, 3.63) is 0 Å². The molecule has 0 saturated heterocycles. The maximum Gasteiger partial charge on any atom is 0.453 e. The molecule has 0 aromatic carbocycles. The first-order chi connectivity index (χ1) is 10.4. The van der Waals surface area contributed by atoms with Crippen LogP contribution in [0.1, 0.15) is 32.1 Å². The highest BCUT2D eigenvalue weighted by Crippen LogP contribution is 2.45. The van der Waals surface area contributed by atoms with Crippen molar-refractivity contribution in [3.63, 3.8) is 0 Å². The lowest BCUT2D eigenvalue weighted by Gasteiger charge is -2.40. The standard InChI is InChI=1S/C13H20F9ISi/c1-24(2,3)10(23,7-8-11(16,17)9(14)15)5-4-6-12(18,19)13(20,21)22/h9H,4-8H2,1-3H3. The average Bonchev–Trinajstić information content (AvgIpc) is 2.33. The molecule has 0 heterocycles. The molecule has 146 valence electrons. The summed E-state index contributed by atoms with van der Waals surface area (Å²) < 4.78 is 112. The van der Waals surface area contributed by atoms with Gasteiger partial charge in [-0.15, -0.1) is 0 Å². The number of hydrogen-bond acceptors (Lipinski definition) is 0. The zero-order chi connectivity index (χ0) is 19.6. The Morgan fingerprint density at radius 2 is 1.25 bits per heavy atom. The molecule has 0 aromatic heterocycles. The first kappa shape index (κ1) is 24.3. The summed E-state index contributed by atoms with van der Waals surface area (Å²) in [7, 11) is -2.31. The van der Waals surface area contributed by atoms with Gasteiger partial charge in [-0.3, -0.25) is 0 Å². The van der Waals surface area contributed by atoms with Gasteiger partial charge in [-0.25, -0.2) is 17.6 Å². The zero-order valence-electron chi connectivity index (χ0n) is 13.4. The minimum atomic E-state index is -5.66. The van der Waals surface area contributed by atoms with Crippen LogP contribution in [0.4, 0.5) is 39.5 Å². The van der Waals surface area contributed by atoms with Crippen molar-refractivity contribution in [3.8, 4) is 0 Å². The normalized spacial score (nSPS) is 17.2. The summed E-state index contributed by atoms with van der Waals surface area (Å²) in [5.74, 6) is -9.05. The van der Waals surface area contributed by atoms with Gasteiger partial charge in [-0.2, -0.15) is 22.0 Å². The molecular weight excluding hydrogens is 482 g/mol. The molecule has 0 aliphatic rings. The Bertz CT molecular complexity index is 403. The molecule has 0 bridgehead atoms.